The van der Waals surface area contributed by atoms with Gasteiger partial charge >= 0.3 is 0 Å². The molecule has 0 saturated heterocycles. The molecule has 3 rings (SSSR count). The number of aryl methyl sites for hydroxylation is 1. The van der Waals surface area contributed by atoms with Gasteiger partial charge in [-0.2, -0.15) is 0 Å². The summed E-state index contributed by atoms with van der Waals surface area (Å²) in [7, 11) is 0. The van der Waals surface area contributed by atoms with Crippen LogP contribution in [0.25, 0.3) is 10.9 Å². The van der Waals surface area contributed by atoms with E-state index >= 15 is 0 Å². The molecule has 0 saturated carbocycles. The zero-order chi connectivity index (χ0) is 11.3. The molecule has 0 fully saturated rings. The van der Waals surface area contributed by atoms with Gasteiger partial charge in [-0.05, 0) is 30.9 Å². The second kappa shape index (κ2) is 3.32. The summed E-state index contributed by atoms with van der Waals surface area (Å²) in [4.78, 5) is 4.44. The number of fused-ring (bicyclic) bond motifs is 2. The smallest absolute Gasteiger partial charge is 0.143 e. The summed E-state index contributed by atoms with van der Waals surface area (Å²) in [5.41, 5.74) is 9.49. The van der Waals surface area contributed by atoms with Crippen LogP contribution in [-0.2, 0) is 12.8 Å². The second-order valence-corrected chi connectivity index (χ2v) is 4.49. The van der Waals surface area contributed by atoms with Crippen LogP contribution in [0.2, 0.25) is 5.02 Å². The topological polar surface area (TPSA) is 38.9 Å². The van der Waals surface area contributed by atoms with E-state index in [9.17, 15) is 4.39 Å². The summed E-state index contributed by atoms with van der Waals surface area (Å²) in [6, 6.07) is 2.92. The van der Waals surface area contributed by atoms with Gasteiger partial charge in [0.1, 0.15) is 5.82 Å². The molecule has 2 N–H and O–H groups in total. The number of nitrogens with two attached hydrogens (primary N) is 1. The van der Waals surface area contributed by atoms with E-state index in [2.05, 4.69) is 4.98 Å². The maximum atomic E-state index is 13.3. The van der Waals surface area contributed by atoms with Gasteiger partial charge < -0.3 is 5.73 Å². The Morgan fingerprint density at radius 3 is 2.94 bits per heavy atom. The summed E-state index contributed by atoms with van der Waals surface area (Å²) in [6.07, 6.45) is 2.96. The number of aromatic nitrogens is 1. The Morgan fingerprint density at radius 1 is 1.31 bits per heavy atom. The fraction of sp³-hybridized carbons (Fsp3) is 0.250. The second-order valence-electron chi connectivity index (χ2n) is 4.09. The molecule has 0 radical (unpaired) electrons. The molecule has 2 aromatic rings. The van der Waals surface area contributed by atoms with Crippen molar-refractivity contribution in [3.8, 4) is 0 Å². The minimum Gasteiger partial charge on any atom is -0.398 e. The molecule has 0 amide bonds. The Balaban J connectivity index is 2.41. The highest BCUT2D eigenvalue weighted by molar-refractivity contribution is 6.31. The van der Waals surface area contributed by atoms with Crippen LogP contribution < -0.4 is 5.73 Å². The van der Waals surface area contributed by atoms with Crippen molar-refractivity contribution in [1.29, 1.82) is 0 Å². The van der Waals surface area contributed by atoms with Crippen molar-refractivity contribution in [3.05, 3.63) is 34.2 Å². The maximum Gasteiger partial charge on any atom is 0.143 e. The molecule has 1 heterocycles. The molecule has 2 nitrogen and oxygen atoms in total. The Kier molecular flexibility index (Phi) is 2.04. The molecule has 1 aromatic carbocycles. The molecular weight excluding hydrogens is 227 g/mol. The normalized spacial score (nSPS) is 14.4. The van der Waals surface area contributed by atoms with Crippen LogP contribution in [0.3, 0.4) is 0 Å². The highest BCUT2D eigenvalue weighted by Crippen LogP contribution is 2.33. The van der Waals surface area contributed by atoms with Gasteiger partial charge in [0.2, 0.25) is 0 Å². The average molecular weight is 237 g/mol. The zero-order valence-corrected chi connectivity index (χ0v) is 9.31. The molecule has 16 heavy (non-hydrogen) atoms. The van der Waals surface area contributed by atoms with Gasteiger partial charge in [0, 0.05) is 22.8 Å². The number of hydrogen-bond donors (Lipinski definition) is 1. The molecule has 82 valence electrons. The fourth-order valence-corrected chi connectivity index (χ4v) is 2.46. The van der Waals surface area contributed by atoms with Crippen molar-refractivity contribution in [2.24, 2.45) is 0 Å². The van der Waals surface area contributed by atoms with Crippen LogP contribution in [0.1, 0.15) is 17.7 Å². The number of pyridine rings is 1. The average Bonchev–Trinajstić information content (AvgIpc) is 2.70. The third kappa shape index (κ3) is 1.28. The van der Waals surface area contributed by atoms with Crippen LogP contribution in [0.5, 0.6) is 0 Å². The number of anilines is 1. The first-order valence-corrected chi connectivity index (χ1v) is 5.60. The summed E-state index contributed by atoms with van der Waals surface area (Å²) >= 11 is 5.75. The molecule has 0 aliphatic heterocycles. The summed E-state index contributed by atoms with van der Waals surface area (Å²) in [5, 5.41) is 0.853. The highest BCUT2D eigenvalue weighted by atomic mass is 35.5. The van der Waals surface area contributed by atoms with Crippen LogP contribution in [0, 0.1) is 5.82 Å². The van der Waals surface area contributed by atoms with E-state index in [1.165, 1.54) is 6.07 Å². The minimum atomic E-state index is -0.445. The lowest BCUT2D eigenvalue weighted by molar-refractivity contribution is 0.630. The van der Waals surface area contributed by atoms with Gasteiger partial charge in [0.15, 0.2) is 0 Å². The van der Waals surface area contributed by atoms with Gasteiger partial charge in [-0.15, -0.1) is 0 Å². The van der Waals surface area contributed by atoms with Crippen molar-refractivity contribution < 1.29 is 4.39 Å². The number of halogens is 2. The number of hydrogen-bond acceptors (Lipinski definition) is 2. The molecule has 1 aliphatic carbocycles. The third-order valence-corrected chi connectivity index (χ3v) is 3.39. The molecule has 4 heteroatoms. The molecule has 0 atom stereocenters. The first-order valence-electron chi connectivity index (χ1n) is 5.23. The molecular formula is C12H10ClFN2. The third-order valence-electron chi connectivity index (χ3n) is 3.10. The Morgan fingerprint density at radius 2 is 2.12 bits per heavy atom. The van der Waals surface area contributed by atoms with Gasteiger partial charge in [0.05, 0.1) is 10.5 Å². The van der Waals surface area contributed by atoms with E-state index in [0.717, 1.165) is 35.9 Å². The maximum absolute atomic E-state index is 13.3. The summed E-state index contributed by atoms with van der Waals surface area (Å²) in [6.45, 7) is 0. The molecule has 0 unspecified atom stereocenters. The van der Waals surface area contributed by atoms with Crippen molar-refractivity contribution in [3.63, 3.8) is 0 Å². The van der Waals surface area contributed by atoms with E-state index in [-0.39, 0.29) is 5.02 Å². The lowest BCUT2D eigenvalue weighted by atomic mass is 10.1. The Labute approximate surface area is 97.2 Å². The van der Waals surface area contributed by atoms with Gasteiger partial charge in [-0.3, -0.25) is 4.98 Å². The van der Waals surface area contributed by atoms with Crippen molar-refractivity contribution in [2.45, 2.75) is 19.3 Å². The van der Waals surface area contributed by atoms with E-state index in [0.29, 0.717) is 11.2 Å². The number of nitrogens with zero attached hydrogens (tertiary/aromatic N) is 1. The largest absolute Gasteiger partial charge is 0.398 e. The number of rotatable bonds is 0. The summed E-state index contributed by atoms with van der Waals surface area (Å²) < 4.78 is 13.3. The number of benzene rings is 1. The van der Waals surface area contributed by atoms with Crippen molar-refractivity contribution in [1.82, 2.24) is 4.98 Å². The highest BCUT2D eigenvalue weighted by Gasteiger charge is 2.18. The van der Waals surface area contributed by atoms with Gasteiger partial charge in [-0.25, -0.2) is 4.39 Å². The Hall–Kier alpha value is -1.35. The summed E-state index contributed by atoms with van der Waals surface area (Å²) in [5.74, 6) is -0.445. The van der Waals surface area contributed by atoms with Crippen LogP contribution in [0.4, 0.5) is 10.1 Å². The fourth-order valence-electron chi connectivity index (χ4n) is 2.29. The quantitative estimate of drug-likeness (QED) is 0.763. The van der Waals surface area contributed by atoms with E-state index in [1.54, 1.807) is 6.07 Å². The monoisotopic (exact) mass is 236 g/mol. The van der Waals surface area contributed by atoms with Crippen LogP contribution in [0.15, 0.2) is 12.1 Å². The minimum absolute atomic E-state index is 0.0962. The predicted octanol–water partition coefficient (Wildman–Crippen LogP) is 3.10. The lowest BCUT2D eigenvalue weighted by Crippen LogP contribution is -1.99. The van der Waals surface area contributed by atoms with Gasteiger partial charge in [-0.1, -0.05) is 11.6 Å². The SMILES string of the molecule is Nc1c2c(nc3cc(F)c(Cl)cc13)CCC2. The van der Waals surface area contributed by atoms with Crippen LogP contribution in [-0.4, -0.2) is 4.98 Å². The number of nitrogen functional groups attached to an aromatic ring is 1. The molecule has 1 aliphatic rings. The van der Waals surface area contributed by atoms with Crippen LogP contribution >= 0.6 is 11.6 Å². The van der Waals surface area contributed by atoms with Gasteiger partial charge in [0.25, 0.3) is 0 Å². The predicted molar refractivity (Wildman–Crippen MR) is 63.1 cm³/mol. The van der Waals surface area contributed by atoms with E-state index in [1.807, 2.05) is 0 Å². The zero-order valence-electron chi connectivity index (χ0n) is 8.56. The lowest BCUT2D eigenvalue weighted by Gasteiger charge is -2.08. The Bertz CT molecular complexity index is 595. The first-order chi connectivity index (χ1) is 7.66. The van der Waals surface area contributed by atoms with E-state index in [4.69, 9.17) is 17.3 Å². The first kappa shape index (κ1) is 9.85. The van der Waals surface area contributed by atoms with Crippen molar-refractivity contribution >= 4 is 28.2 Å². The standard InChI is InChI=1S/C12H10ClFN2/c13-8-4-7-11(5-9(8)14)16-10-3-1-2-6(10)12(7)15/h4-5H,1-3H2,(H2,15,16). The van der Waals surface area contributed by atoms with Crippen molar-refractivity contribution in [2.75, 3.05) is 5.73 Å². The van der Waals surface area contributed by atoms with E-state index < -0.39 is 5.82 Å². The molecule has 0 bridgehead atoms. The molecule has 1 aromatic heterocycles. The molecule has 0 spiro atoms.